The average Bonchev–Trinajstić information content (AvgIpc) is 3.31. The van der Waals surface area contributed by atoms with E-state index in [-0.39, 0.29) is 0 Å². The lowest BCUT2D eigenvalue weighted by molar-refractivity contribution is 0.625. The van der Waals surface area contributed by atoms with Crippen LogP contribution in [0.15, 0.2) is 39.5 Å². The number of nitrogens with one attached hydrogen (secondary N) is 1. The fraction of sp³-hybridized carbons (Fsp3) is 0.350. The number of hydrogen-bond acceptors (Lipinski definition) is 4. The van der Waals surface area contributed by atoms with Crippen LogP contribution in [-0.2, 0) is 6.54 Å². The maximum Gasteiger partial charge on any atom is 0.131 e. The number of anilines is 1. The minimum atomic E-state index is 0.531. The number of thiophene rings is 2. The van der Waals surface area contributed by atoms with Crippen molar-refractivity contribution in [3.8, 4) is 0 Å². The van der Waals surface area contributed by atoms with Crippen LogP contribution in [0.25, 0.3) is 10.2 Å². The Morgan fingerprint density at radius 2 is 2.19 bits per heavy atom. The van der Waals surface area contributed by atoms with Gasteiger partial charge in [0.05, 0.1) is 20.4 Å². The first kappa shape index (κ1) is 19.9. The topological polar surface area (TPSA) is 24.9 Å². The summed E-state index contributed by atoms with van der Waals surface area (Å²) in [6.07, 6.45) is 8.04. The van der Waals surface area contributed by atoms with Gasteiger partial charge in [-0.05, 0) is 63.5 Å². The summed E-state index contributed by atoms with van der Waals surface area (Å²) in [4.78, 5) is 5.96. The SMILES string of the molecule is CC.Clc1cc(NCc2ccsc2)c2sc(C3CC=CCC3)c(Br)c2n1. The fourth-order valence-electron chi connectivity index (χ4n) is 3.04. The standard InChI is InChI=1S/C18H16BrClN2S2.C2H6/c19-15-16-18(24-17(15)12-4-2-1-3-5-12)13(8-14(20)22-16)21-9-11-6-7-23-10-11;1-2/h1-2,6-8,10,12H,3-5,9H2,(H,21,22);1-2H3. The third-order valence-corrected chi connectivity index (χ3v) is 7.65. The maximum atomic E-state index is 6.28. The molecule has 2 nitrogen and oxygen atoms in total. The third-order valence-electron chi connectivity index (χ3n) is 4.28. The molecule has 0 fully saturated rings. The van der Waals surface area contributed by atoms with Gasteiger partial charge in [-0.15, -0.1) is 11.3 Å². The van der Waals surface area contributed by atoms with Gasteiger partial charge in [-0.1, -0.05) is 37.6 Å². The van der Waals surface area contributed by atoms with Gasteiger partial charge in [-0.2, -0.15) is 11.3 Å². The van der Waals surface area contributed by atoms with Crippen molar-refractivity contribution in [2.24, 2.45) is 0 Å². The van der Waals surface area contributed by atoms with Crippen LogP contribution in [0.1, 0.15) is 49.5 Å². The molecule has 1 unspecified atom stereocenters. The lowest BCUT2D eigenvalue weighted by Crippen LogP contribution is -1.98. The van der Waals surface area contributed by atoms with Crippen molar-refractivity contribution in [1.82, 2.24) is 4.98 Å². The monoisotopic (exact) mass is 468 g/mol. The van der Waals surface area contributed by atoms with Gasteiger partial charge in [0.15, 0.2) is 0 Å². The molecule has 0 saturated carbocycles. The van der Waals surface area contributed by atoms with E-state index in [1.807, 2.05) is 31.3 Å². The van der Waals surface area contributed by atoms with Crippen LogP contribution in [0.4, 0.5) is 5.69 Å². The summed E-state index contributed by atoms with van der Waals surface area (Å²) in [5.74, 6) is 0.576. The van der Waals surface area contributed by atoms with Crippen molar-refractivity contribution < 1.29 is 0 Å². The second-order valence-electron chi connectivity index (χ2n) is 5.92. The Hall–Kier alpha value is -0.880. The first-order valence-corrected chi connectivity index (χ1v) is 11.8. The molecule has 26 heavy (non-hydrogen) atoms. The van der Waals surface area contributed by atoms with Crippen LogP contribution in [-0.4, -0.2) is 4.98 Å². The molecule has 3 heterocycles. The lowest BCUT2D eigenvalue weighted by atomic mass is 9.93. The minimum Gasteiger partial charge on any atom is -0.380 e. The Morgan fingerprint density at radius 3 is 2.88 bits per heavy atom. The molecule has 0 bridgehead atoms. The predicted molar refractivity (Wildman–Crippen MR) is 121 cm³/mol. The van der Waals surface area contributed by atoms with Gasteiger partial charge in [-0.25, -0.2) is 4.98 Å². The molecule has 3 aromatic heterocycles. The van der Waals surface area contributed by atoms with E-state index in [9.17, 15) is 0 Å². The Balaban J connectivity index is 0.000000948. The average molecular weight is 470 g/mol. The predicted octanol–water partition coefficient (Wildman–Crippen LogP) is 8.24. The highest BCUT2D eigenvalue weighted by atomic mass is 79.9. The Bertz CT molecular complexity index is 887. The van der Waals surface area contributed by atoms with Crippen molar-refractivity contribution in [3.63, 3.8) is 0 Å². The number of rotatable bonds is 4. The molecule has 0 aliphatic heterocycles. The van der Waals surface area contributed by atoms with E-state index in [0.29, 0.717) is 11.1 Å². The molecule has 1 N–H and O–H groups in total. The summed E-state index contributed by atoms with van der Waals surface area (Å²) in [5.41, 5.74) is 3.33. The zero-order chi connectivity index (χ0) is 18.5. The van der Waals surface area contributed by atoms with Gasteiger partial charge in [0.2, 0.25) is 0 Å². The van der Waals surface area contributed by atoms with Crippen molar-refractivity contribution in [1.29, 1.82) is 0 Å². The summed E-state index contributed by atoms with van der Waals surface area (Å²) >= 11 is 13.6. The van der Waals surface area contributed by atoms with E-state index in [2.05, 4.69) is 55.2 Å². The zero-order valence-electron chi connectivity index (χ0n) is 14.9. The molecule has 0 amide bonds. The van der Waals surface area contributed by atoms with E-state index < -0.39 is 0 Å². The molecule has 138 valence electrons. The van der Waals surface area contributed by atoms with Crippen LogP contribution >= 0.6 is 50.2 Å². The summed E-state index contributed by atoms with van der Waals surface area (Å²) in [7, 11) is 0. The minimum absolute atomic E-state index is 0.531. The third kappa shape index (κ3) is 4.33. The second kappa shape index (κ2) is 9.36. The number of aromatic nitrogens is 1. The smallest absolute Gasteiger partial charge is 0.131 e. The largest absolute Gasteiger partial charge is 0.380 e. The van der Waals surface area contributed by atoms with Gasteiger partial charge in [-0.3, -0.25) is 0 Å². The molecule has 1 aliphatic carbocycles. The van der Waals surface area contributed by atoms with Crippen LogP contribution in [0.5, 0.6) is 0 Å². The van der Waals surface area contributed by atoms with Crippen molar-refractivity contribution in [2.45, 2.75) is 45.6 Å². The second-order valence-corrected chi connectivity index (χ2v) is 8.93. The molecule has 0 radical (unpaired) electrons. The highest BCUT2D eigenvalue weighted by Crippen LogP contribution is 2.45. The fourth-order valence-corrected chi connectivity index (χ4v) is 6.16. The van der Waals surface area contributed by atoms with E-state index in [4.69, 9.17) is 11.6 Å². The molecule has 0 saturated heterocycles. The number of nitrogens with zero attached hydrogens (tertiary/aromatic N) is 1. The van der Waals surface area contributed by atoms with Gasteiger partial charge in [0.1, 0.15) is 5.15 Å². The van der Waals surface area contributed by atoms with Gasteiger partial charge < -0.3 is 5.32 Å². The number of fused-ring (bicyclic) bond motifs is 1. The van der Waals surface area contributed by atoms with Gasteiger partial charge in [0.25, 0.3) is 0 Å². The Labute approximate surface area is 176 Å². The maximum absolute atomic E-state index is 6.28. The summed E-state index contributed by atoms with van der Waals surface area (Å²) in [6, 6.07) is 4.07. The van der Waals surface area contributed by atoms with E-state index in [1.54, 1.807) is 11.3 Å². The lowest BCUT2D eigenvalue weighted by Gasteiger charge is -2.16. The summed E-state index contributed by atoms with van der Waals surface area (Å²) in [6.45, 7) is 4.80. The van der Waals surface area contributed by atoms with Crippen molar-refractivity contribution in [3.05, 3.63) is 55.1 Å². The molecule has 3 aromatic rings. The molecule has 1 aliphatic rings. The highest BCUT2D eigenvalue weighted by Gasteiger charge is 2.22. The molecule has 6 heteroatoms. The Morgan fingerprint density at radius 1 is 1.35 bits per heavy atom. The van der Waals surface area contributed by atoms with E-state index in [0.717, 1.165) is 35.1 Å². The molecular weight excluding hydrogens is 448 g/mol. The van der Waals surface area contributed by atoms with Crippen molar-refractivity contribution >= 4 is 66.1 Å². The zero-order valence-corrected chi connectivity index (χ0v) is 18.9. The molecular formula is C20H22BrClN2S2. The van der Waals surface area contributed by atoms with Crippen LogP contribution in [0.3, 0.4) is 0 Å². The first-order valence-electron chi connectivity index (χ1n) is 8.90. The summed E-state index contributed by atoms with van der Waals surface area (Å²) in [5, 5.41) is 8.33. The number of allylic oxidation sites excluding steroid dienone is 2. The van der Waals surface area contributed by atoms with Crippen LogP contribution < -0.4 is 5.32 Å². The molecule has 4 rings (SSSR count). The highest BCUT2D eigenvalue weighted by molar-refractivity contribution is 9.10. The first-order chi connectivity index (χ1) is 12.7. The van der Waals surface area contributed by atoms with E-state index in [1.165, 1.54) is 21.6 Å². The van der Waals surface area contributed by atoms with E-state index >= 15 is 0 Å². The Kier molecular flexibility index (Phi) is 7.15. The van der Waals surface area contributed by atoms with Crippen molar-refractivity contribution in [2.75, 3.05) is 5.32 Å². The summed E-state index contributed by atoms with van der Waals surface area (Å²) < 4.78 is 2.30. The quantitative estimate of drug-likeness (QED) is 0.307. The number of pyridine rings is 1. The number of hydrogen-bond donors (Lipinski definition) is 1. The molecule has 1 atom stereocenters. The van der Waals surface area contributed by atoms with Crippen LogP contribution in [0, 0.1) is 0 Å². The van der Waals surface area contributed by atoms with Gasteiger partial charge >= 0.3 is 0 Å². The van der Waals surface area contributed by atoms with Gasteiger partial charge in [0, 0.05) is 17.5 Å². The van der Waals surface area contributed by atoms with Crippen LogP contribution in [0.2, 0.25) is 5.15 Å². The number of halogens is 2. The molecule has 0 spiro atoms. The molecule has 0 aromatic carbocycles. The normalized spacial score (nSPS) is 16.4.